The third-order valence-electron chi connectivity index (χ3n) is 3.30. The maximum Gasteiger partial charge on any atom is 0.244 e. The first-order chi connectivity index (χ1) is 8.95. The molecule has 106 valence electrons. The van der Waals surface area contributed by atoms with Crippen LogP contribution in [0.25, 0.3) is 0 Å². The summed E-state index contributed by atoms with van der Waals surface area (Å²) in [5, 5.41) is 3.65. The summed E-state index contributed by atoms with van der Waals surface area (Å²) in [4.78, 5) is 0.272. The zero-order chi connectivity index (χ0) is 14.0. The minimum atomic E-state index is -3.46. The molecule has 2 rings (SSSR count). The molecule has 0 aliphatic carbocycles. The number of nitrogens with zero attached hydrogens (tertiary/aromatic N) is 1. The number of nitrogens with one attached hydrogen (secondary N) is 1. The summed E-state index contributed by atoms with van der Waals surface area (Å²) in [5.41, 5.74) is 0. The van der Waals surface area contributed by atoms with Crippen molar-refractivity contribution in [3.8, 4) is 0 Å². The van der Waals surface area contributed by atoms with Gasteiger partial charge in [0.05, 0.1) is 4.90 Å². The highest BCUT2D eigenvalue weighted by Crippen LogP contribution is 2.29. The second-order valence-corrected chi connectivity index (χ2v) is 7.76. The van der Waals surface area contributed by atoms with Crippen LogP contribution in [0.3, 0.4) is 0 Å². The quantitative estimate of drug-likeness (QED) is 0.893. The Morgan fingerprint density at radius 1 is 1.47 bits per heavy atom. The van der Waals surface area contributed by atoms with E-state index in [2.05, 4.69) is 21.2 Å². The van der Waals surface area contributed by atoms with Crippen LogP contribution in [0.1, 0.15) is 12.8 Å². The summed E-state index contributed by atoms with van der Waals surface area (Å²) in [6.45, 7) is 1.07. The Labute approximate surface area is 127 Å². The molecule has 1 heterocycles. The monoisotopic (exact) mass is 366 g/mol. The Morgan fingerprint density at radius 3 is 2.84 bits per heavy atom. The van der Waals surface area contributed by atoms with E-state index in [9.17, 15) is 8.42 Å². The Balaban J connectivity index is 2.31. The molecule has 1 aliphatic heterocycles. The zero-order valence-corrected chi connectivity index (χ0v) is 13.7. The number of halogens is 2. The van der Waals surface area contributed by atoms with Crippen LogP contribution in [0.2, 0.25) is 5.02 Å². The van der Waals surface area contributed by atoms with E-state index in [4.69, 9.17) is 11.6 Å². The molecular weight excluding hydrogens is 352 g/mol. The van der Waals surface area contributed by atoms with Crippen LogP contribution >= 0.6 is 27.5 Å². The van der Waals surface area contributed by atoms with Gasteiger partial charge in [-0.2, -0.15) is 4.31 Å². The van der Waals surface area contributed by atoms with Gasteiger partial charge in [-0.3, -0.25) is 0 Å². The molecule has 0 aromatic heterocycles. The Bertz CT molecular complexity index is 565. The number of rotatable bonds is 3. The molecule has 0 saturated carbocycles. The van der Waals surface area contributed by atoms with Crippen LogP contribution in [0.4, 0.5) is 0 Å². The van der Waals surface area contributed by atoms with Gasteiger partial charge >= 0.3 is 0 Å². The molecule has 7 heteroatoms. The molecule has 1 aliphatic rings. The second-order valence-electron chi connectivity index (χ2n) is 4.57. The average molecular weight is 368 g/mol. The molecule has 1 saturated heterocycles. The lowest BCUT2D eigenvalue weighted by Gasteiger charge is -2.31. The van der Waals surface area contributed by atoms with E-state index in [-0.39, 0.29) is 10.9 Å². The number of hydrogen-bond acceptors (Lipinski definition) is 3. The average Bonchev–Trinajstić information content (AvgIpc) is 2.38. The molecular formula is C12H16BrClN2O2S. The number of hydrogen-bond donors (Lipinski definition) is 1. The Kier molecular flexibility index (Phi) is 4.89. The summed E-state index contributed by atoms with van der Waals surface area (Å²) in [7, 11) is -1.60. The molecule has 0 spiro atoms. The summed E-state index contributed by atoms with van der Waals surface area (Å²) < 4.78 is 27.3. The van der Waals surface area contributed by atoms with Gasteiger partial charge < -0.3 is 5.32 Å². The molecule has 19 heavy (non-hydrogen) atoms. The van der Waals surface area contributed by atoms with Gasteiger partial charge in [0.1, 0.15) is 0 Å². The van der Waals surface area contributed by atoms with E-state index < -0.39 is 10.0 Å². The van der Waals surface area contributed by atoms with E-state index in [1.807, 2.05) is 7.05 Å². The summed E-state index contributed by atoms with van der Waals surface area (Å²) in [6.07, 6.45) is 1.88. The van der Waals surface area contributed by atoms with E-state index in [1.165, 1.54) is 4.31 Å². The highest BCUT2D eigenvalue weighted by Gasteiger charge is 2.30. The second kappa shape index (κ2) is 6.10. The fourth-order valence-corrected chi connectivity index (χ4v) is 5.09. The molecule has 1 aromatic rings. The van der Waals surface area contributed by atoms with Crippen LogP contribution in [0.15, 0.2) is 27.6 Å². The van der Waals surface area contributed by atoms with E-state index in [1.54, 1.807) is 18.2 Å². The molecule has 1 atom stereocenters. The number of sulfonamides is 1. The fraction of sp³-hybridized carbons (Fsp3) is 0.500. The summed E-state index contributed by atoms with van der Waals surface area (Å²) in [5.74, 6) is 0. The SMILES string of the molecule is CNC1CCCN(S(=O)(=O)c2ccc(Cl)cc2Br)C1. The van der Waals surface area contributed by atoms with Gasteiger partial charge in [-0.15, -0.1) is 0 Å². The van der Waals surface area contributed by atoms with Crippen LogP contribution in [0.5, 0.6) is 0 Å². The van der Waals surface area contributed by atoms with Crippen LogP contribution in [-0.2, 0) is 10.0 Å². The summed E-state index contributed by atoms with van der Waals surface area (Å²) >= 11 is 9.13. The first-order valence-corrected chi connectivity index (χ1v) is 8.68. The molecule has 0 radical (unpaired) electrons. The van der Waals surface area contributed by atoms with Crippen LogP contribution in [0, 0.1) is 0 Å². The van der Waals surface area contributed by atoms with Crippen LogP contribution < -0.4 is 5.32 Å². The van der Waals surface area contributed by atoms with Gasteiger partial charge in [-0.05, 0) is 54.0 Å². The van der Waals surface area contributed by atoms with Crippen molar-refractivity contribution in [1.82, 2.24) is 9.62 Å². The highest BCUT2D eigenvalue weighted by atomic mass is 79.9. The van der Waals surface area contributed by atoms with E-state index in [0.717, 1.165) is 12.8 Å². The minimum absolute atomic E-state index is 0.217. The van der Waals surface area contributed by atoms with E-state index >= 15 is 0 Å². The molecule has 1 aromatic carbocycles. The van der Waals surface area contributed by atoms with Gasteiger partial charge in [0.15, 0.2) is 0 Å². The first kappa shape index (κ1) is 15.3. The Hall–Kier alpha value is -0.140. The van der Waals surface area contributed by atoms with Gasteiger partial charge in [0, 0.05) is 28.6 Å². The normalized spacial score (nSPS) is 21.5. The first-order valence-electron chi connectivity index (χ1n) is 6.07. The lowest BCUT2D eigenvalue weighted by molar-refractivity contribution is 0.292. The van der Waals surface area contributed by atoms with Gasteiger partial charge in [0.2, 0.25) is 10.0 Å². The van der Waals surface area contributed by atoms with Crippen molar-refractivity contribution in [2.45, 2.75) is 23.8 Å². The highest BCUT2D eigenvalue weighted by molar-refractivity contribution is 9.10. The number of piperidine rings is 1. The number of benzene rings is 1. The smallest absolute Gasteiger partial charge is 0.244 e. The summed E-state index contributed by atoms with van der Waals surface area (Å²) in [6, 6.07) is 4.96. The predicted octanol–water partition coefficient (Wildman–Crippen LogP) is 2.48. The van der Waals surface area contributed by atoms with Crippen molar-refractivity contribution in [3.05, 3.63) is 27.7 Å². The van der Waals surface area contributed by atoms with Gasteiger partial charge in [0.25, 0.3) is 0 Å². The maximum absolute atomic E-state index is 12.6. The van der Waals surface area contributed by atoms with Crippen molar-refractivity contribution < 1.29 is 8.42 Å². The zero-order valence-electron chi connectivity index (χ0n) is 10.6. The van der Waals surface area contributed by atoms with Crippen molar-refractivity contribution in [1.29, 1.82) is 0 Å². The van der Waals surface area contributed by atoms with Gasteiger partial charge in [-0.1, -0.05) is 11.6 Å². The molecule has 4 nitrogen and oxygen atoms in total. The molecule has 1 unspecified atom stereocenters. The van der Waals surface area contributed by atoms with Crippen molar-refractivity contribution in [3.63, 3.8) is 0 Å². The molecule has 0 amide bonds. The fourth-order valence-electron chi connectivity index (χ4n) is 2.22. The standard InChI is InChI=1S/C12H16BrClN2O2S/c1-15-10-3-2-6-16(8-10)19(17,18)12-5-4-9(14)7-11(12)13/h4-5,7,10,15H,2-3,6,8H2,1H3. The van der Waals surface area contributed by atoms with E-state index in [0.29, 0.717) is 22.6 Å². The molecule has 0 bridgehead atoms. The largest absolute Gasteiger partial charge is 0.316 e. The third-order valence-corrected chi connectivity index (χ3v) is 6.38. The predicted molar refractivity (Wildman–Crippen MR) is 80.0 cm³/mol. The lowest BCUT2D eigenvalue weighted by Crippen LogP contribution is -2.46. The van der Waals surface area contributed by atoms with Crippen molar-refractivity contribution >= 4 is 37.6 Å². The van der Waals surface area contributed by atoms with Gasteiger partial charge in [-0.25, -0.2) is 8.42 Å². The maximum atomic E-state index is 12.6. The topological polar surface area (TPSA) is 49.4 Å². The molecule has 1 fully saturated rings. The Morgan fingerprint density at radius 2 is 2.21 bits per heavy atom. The van der Waals surface area contributed by atoms with Crippen molar-refractivity contribution in [2.24, 2.45) is 0 Å². The van der Waals surface area contributed by atoms with Crippen LogP contribution in [-0.4, -0.2) is 38.9 Å². The molecule has 1 N–H and O–H groups in total. The van der Waals surface area contributed by atoms with Crippen molar-refractivity contribution in [2.75, 3.05) is 20.1 Å². The minimum Gasteiger partial charge on any atom is -0.316 e. The number of likely N-dealkylation sites (N-methyl/N-ethyl adjacent to an activating group) is 1. The lowest BCUT2D eigenvalue weighted by atomic mass is 10.1. The third kappa shape index (κ3) is 3.31.